The summed E-state index contributed by atoms with van der Waals surface area (Å²) >= 11 is 7.65. The van der Waals surface area contributed by atoms with Crippen molar-refractivity contribution >= 4 is 39.1 Å². The summed E-state index contributed by atoms with van der Waals surface area (Å²) in [4.78, 5) is 16.8. The summed E-state index contributed by atoms with van der Waals surface area (Å²) in [5.41, 5.74) is 1.79. The molecule has 4 rings (SSSR count). The molecule has 0 N–H and O–H groups in total. The third-order valence-corrected chi connectivity index (χ3v) is 5.02. The smallest absolute Gasteiger partial charge is 0.321 e. The lowest BCUT2D eigenvalue weighted by atomic mass is 9.97. The van der Waals surface area contributed by atoms with E-state index in [9.17, 15) is 4.79 Å². The van der Waals surface area contributed by atoms with Crippen LogP contribution in [-0.4, -0.2) is 11.0 Å². The van der Waals surface area contributed by atoms with Crippen LogP contribution in [0.15, 0.2) is 42.5 Å². The molecule has 0 radical (unpaired) electrons. The van der Waals surface area contributed by atoms with Gasteiger partial charge in [-0.3, -0.25) is 4.79 Å². The monoisotopic (exact) mass is 315 g/mol. The Hall–Kier alpha value is -1.91. The first-order valence-corrected chi connectivity index (χ1v) is 7.76. The van der Waals surface area contributed by atoms with Gasteiger partial charge in [-0.15, -0.1) is 11.3 Å². The zero-order chi connectivity index (χ0) is 14.4. The van der Waals surface area contributed by atoms with Gasteiger partial charge in [-0.1, -0.05) is 35.9 Å². The number of thiazole rings is 1. The van der Waals surface area contributed by atoms with Crippen molar-refractivity contribution in [3.63, 3.8) is 0 Å². The lowest BCUT2D eigenvalue weighted by molar-refractivity contribution is -0.137. The molecule has 5 heteroatoms. The van der Waals surface area contributed by atoms with Gasteiger partial charge in [-0.05, 0) is 30.2 Å². The van der Waals surface area contributed by atoms with Gasteiger partial charge in [0.15, 0.2) is 0 Å². The van der Waals surface area contributed by atoms with E-state index in [1.165, 1.54) is 11.3 Å². The molecule has 21 heavy (non-hydrogen) atoms. The SMILES string of the molecule is O=C1Oc2ccccc2CC1c1nc2c(Cl)cccc2s1. The molecule has 0 spiro atoms. The zero-order valence-electron chi connectivity index (χ0n) is 10.9. The van der Waals surface area contributed by atoms with Gasteiger partial charge in [-0.2, -0.15) is 0 Å². The normalized spacial score (nSPS) is 17.6. The minimum Gasteiger partial charge on any atom is -0.426 e. The predicted molar refractivity (Wildman–Crippen MR) is 83.2 cm³/mol. The number of para-hydroxylation sites is 2. The summed E-state index contributed by atoms with van der Waals surface area (Å²) < 4.78 is 6.41. The standard InChI is InChI=1S/C16H10ClNO2S/c17-11-5-3-7-13-14(11)18-15(21-13)10-8-9-4-1-2-6-12(9)20-16(10)19/h1-7,10H,8H2. The third-order valence-electron chi connectivity index (χ3n) is 3.58. The Balaban J connectivity index is 1.79. The Morgan fingerprint density at radius 1 is 1.19 bits per heavy atom. The minimum atomic E-state index is -0.353. The van der Waals surface area contributed by atoms with Crippen molar-refractivity contribution in [2.45, 2.75) is 12.3 Å². The molecular formula is C16H10ClNO2S. The number of benzene rings is 2. The van der Waals surface area contributed by atoms with Crippen molar-refractivity contribution in [1.29, 1.82) is 0 Å². The molecule has 1 aromatic heterocycles. The fraction of sp³-hybridized carbons (Fsp3) is 0.125. The number of halogens is 1. The molecule has 1 aliphatic heterocycles. The summed E-state index contributed by atoms with van der Waals surface area (Å²) in [6.45, 7) is 0. The topological polar surface area (TPSA) is 39.2 Å². The van der Waals surface area contributed by atoms with Gasteiger partial charge in [0.2, 0.25) is 0 Å². The van der Waals surface area contributed by atoms with E-state index in [1.54, 1.807) is 0 Å². The Morgan fingerprint density at radius 3 is 2.90 bits per heavy atom. The van der Waals surface area contributed by atoms with Crippen molar-refractivity contribution in [2.24, 2.45) is 0 Å². The second kappa shape index (κ2) is 4.83. The molecule has 0 saturated heterocycles. The molecule has 2 aromatic carbocycles. The molecular weight excluding hydrogens is 306 g/mol. The third kappa shape index (κ3) is 2.11. The van der Waals surface area contributed by atoms with Crippen LogP contribution in [-0.2, 0) is 11.2 Å². The molecule has 1 unspecified atom stereocenters. The molecule has 1 atom stereocenters. The van der Waals surface area contributed by atoms with Gasteiger partial charge in [-0.25, -0.2) is 4.98 Å². The number of hydrogen-bond acceptors (Lipinski definition) is 4. The highest BCUT2D eigenvalue weighted by molar-refractivity contribution is 7.18. The highest BCUT2D eigenvalue weighted by atomic mass is 35.5. The first-order valence-electron chi connectivity index (χ1n) is 6.57. The summed E-state index contributed by atoms with van der Waals surface area (Å²) in [5, 5.41) is 1.37. The molecule has 0 aliphatic carbocycles. The van der Waals surface area contributed by atoms with Crippen LogP contribution in [0.25, 0.3) is 10.2 Å². The van der Waals surface area contributed by atoms with Gasteiger partial charge >= 0.3 is 5.97 Å². The number of ether oxygens (including phenoxy) is 1. The van der Waals surface area contributed by atoms with Crippen LogP contribution in [0.2, 0.25) is 5.02 Å². The average Bonchev–Trinajstić information content (AvgIpc) is 2.92. The minimum absolute atomic E-state index is 0.246. The van der Waals surface area contributed by atoms with Gasteiger partial charge in [0, 0.05) is 0 Å². The van der Waals surface area contributed by atoms with E-state index >= 15 is 0 Å². The van der Waals surface area contributed by atoms with Crippen LogP contribution in [0.4, 0.5) is 0 Å². The van der Waals surface area contributed by atoms with Gasteiger partial charge in [0.1, 0.15) is 22.2 Å². The van der Waals surface area contributed by atoms with E-state index in [4.69, 9.17) is 16.3 Å². The van der Waals surface area contributed by atoms with Gasteiger partial charge in [0.05, 0.1) is 9.72 Å². The fourth-order valence-corrected chi connectivity index (χ4v) is 3.88. The number of nitrogens with zero attached hydrogens (tertiary/aromatic N) is 1. The highest BCUT2D eigenvalue weighted by Gasteiger charge is 2.32. The zero-order valence-corrected chi connectivity index (χ0v) is 12.4. The molecule has 0 fully saturated rings. The van der Waals surface area contributed by atoms with E-state index in [1.807, 2.05) is 42.5 Å². The molecule has 3 aromatic rings. The summed E-state index contributed by atoms with van der Waals surface area (Å²) in [7, 11) is 0. The summed E-state index contributed by atoms with van der Waals surface area (Å²) in [5.74, 6) is 0.0511. The molecule has 3 nitrogen and oxygen atoms in total. The predicted octanol–water partition coefficient (Wildman–Crippen LogP) is 4.20. The van der Waals surface area contributed by atoms with E-state index in [0.717, 1.165) is 20.8 Å². The molecule has 2 heterocycles. The highest BCUT2D eigenvalue weighted by Crippen LogP contribution is 2.37. The second-order valence-electron chi connectivity index (χ2n) is 4.92. The number of esters is 1. The number of hydrogen-bond donors (Lipinski definition) is 0. The van der Waals surface area contributed by atoms with Crippen molar-refractivity contribution in [3.05, 3.63) is 58.1 Å². The van der Waals surface area contributed by atoms with Gasteiger partial charge < -0.3 is 4.74 Å². The maximum atomic E-state index is 12.2. The van der Waals surface area contributed by atoms with E-state index in [0.29, 0.717) is 17.2 Å². The maximum absolute atomic E-state index is 12.2. The fourth-order valence-electron chi connectivity index (χ4n) is 2.52. The molecule has 0 bridgehead atoms. The molecule has 0 saturated carbocycles. The number of rotatable bonds is 1. The first-order chi connectivity index (χ1) is 10.2. The maximum Gasteiger partial charge on any atom is 0.321 e. The largest absolute Gasteiger partial charge is 0.426 e. The number of fused-ring (bicyclic) bond motifs is 2. The molecule has 104 valence electrons. The first kappa shape index (κ1) is 12.8. The van der Waals surface area contributed by atoms with Crippen LogP contribution in [0.1, 0.15) is 16.5 Å². The second-order valence-corrected chi connectivity index (χ2v) is 6.39. The van der Waals surface area contributed by atoms with Crippen LogP contribution >= 0.6 is 22.9 Å². The number of carbonyl (C=O) groups is 1. The lowest BCUT2D eigenvalue weighted by Crippen LogP contribution is -2.25. The Kier molecular flexibility index (Phi) is 2.94. The van der Waals surface area contributed by atoms with E-state index in [-0.39, 0.29) is 11.9 Å². The van der Waals surface area contributed by atoms with Crippen molar-refractivity contribution in [1.82, 2.24) is 4.98 Å². The number of carbonyl (C=O) groups excluding carboxylic acids is 1. The van der Waals surface area contributed by atoms with Crippen molar-refractivity contribution in [2.75, 3.05) is 0 Å². The van der Waals surface area contributed by atoms with E-state index in [2.05, 4.69) is 4.98 Å². The van der Waals surface area contributed by atoms with Gasteiger partial charge in [0.25, 0.3) is 0 Å². The molecule has 1 aliphatic rings. The van der Waals surface area contributed by atoms with E-state index < -0.39 is 0 Å². The Labute approximate surface area is 130 Å². The Bertz CT molecular complexity index is 858. The summed E-state index contributed by atoms with van der Waals surface area (Å²) in [6.07, 6.45) is 0.618. The summed E-state index contributed by atoms with van der Waals surface area (Å²) in [6, 6.07) is 13.3. The number of aromatic nitrogens is 1. The van der Waals surface area contributed by atoms with Crippen LogP contribution in [0, 0.1) is 0 Å². The van der Waals surface area contributed by atoms with Crippen LogP contribution in [0.3, 0.4) is 0 Å². The average molecular weight is 316 g/mol. The quantitative estimate of drug-likeness (QED) is 0.499. The van der Waals surface area contributed by atoms with Crippen molar-refractivity contribution < 1.29 is 9.53 Å². The Morgan fingerprint density at radius 2 is 2.05 bits per heavy atom. The van der Waals surface area contributed by atoms with Crippen LogP contribution < -0.4 is 4.74 Å². The van der Waals surface area contributed by atoms with Crippen molar-refractivity contribution in [3.8, 4) is 5.75 Å². The molecule has 0 amide bonds. The van der Waals surface area contributed by atoms with Crippen LogP contribution in [0.5, 0.6) is 5.75 Å². The lowest BCUT2D eigenvalue weighted by Gasteiger charge is -2.21.